The van der Waals surface area contributed by atoms with Crippen molar-refractivity contribution in [3.8, 4) is 11.1 Å². The van der Waals surface area contributed by atoms with Crippen LogP contribution in [0.2, 0.25) is 5.15 Å². The van der Waals surface area contributed by atoms with Gasteiger partial charge in [0.1, 0.15) is 28.5 Å². The number of hydrogen-bond donors (Lipinski definition) is 1. The lowest BCUT2D eigenvalue weighted by atomic mass is 9.98. The molecule has 1 aromatic carbocycles. The lowest BCUT2D eigenvalue weighted by molar-refractivity contribution is -0.134. The number of alkyl halides is 1. The van der Waals surface area contributed by atoms with Crippen molar-refractivity contribution >= 4 is 23.4 Å². The van der Waals surface area contributed by atoms with Gasteiger partial charge in [-0.05, 0) is 42.8 Å². The maximum Gasteiger partial charge on any atom is 0.341 e. The van der Waals surface area contributed by atoms with E-state index in [1.165, 1.54) is 30.2 Å². The first kappa shape index (κ1) is 23.3. The fourth-order valence-corrected chi connectivity index (χ4v) is 3.21. The number of allylic oxidation sites excluding steroid dienone is 3. The summed E-state index contributed by atoms with van der Waals surface area (Å²) < 4.78 is 42.2. The monoisotopic (exact) mass is 462 g/mol. The van der Waals surface area contributed by atoms with Gasteiger partial charge in [-0.25, -0.2) is 22.9 Å². The number of halogens is 4. The Kier molecular flexibility index (Phi) is 7.15. The zero-order chi connectivity index (χ0) is 23.4. The first-order valence-electron chi connectivity index (χ1n) is 9.51. The molecule has 0 radical (unpaired) electrons. The van der Waals surface area contributed by atoms with Crippen LogP contribution in [-0.2, 0) is 16.1 Å². The topological polar surface area (TPSA) is 70.5 Å². The number of pyridine rings is 1. The molecule has 9 heteroatoms. The van der Waals surface area contributed by atoms with Crippen molar-refractivity contribution in [3.05, 3.63) is 88.4 Å². The Balaban J connectivity index is 1.90. The van der Waals surface area contributed by atoms with Crippen LogP contribution in [-0.4, -0.2) is 39.5 Å². The number of Topliss-reactive ketones (excluding diaryl/α,β-unsaturated/α-hetero) is 1. The highest BCUT2D eigenvalue weighted by Gasteiger charge is 2.30. The Morgan fingerprint density at radius 2 is 2.03 bits per heavy atom. The van der Waals surface area contributed by atoms with E-state index in [2.05, 4.69) is 4.98 Å². The molecule has 0 saturated carbocycles. The van der Waals surface area contributed by atoms with Crippen molar-refractivity contribution in [1.82, 2.24) is 9.88 Å². The van der Waals surface area contributed by atoms with Gasteiger partial charge in [0.15, 0.2) is 0 Å². The van der Waals surface area contributed by atoms with Crippen LogP contribution in [0.4, 0.5) is 13.2 Å². The number of carboxylic acid groups (broad SMARTS) is 1. The van der Waals surface area contributed by atoms with Crippen LogP contribution in [0.3, 0.4) is 0 Å². The number of carbonyl (C=O) groups is 2. The average Bonchev–Trinajstić information content (AvgIpc) is 2.74. The smallest absolute Gasteiger partial charge is 0.341 e. The molecule has 32 heavy (non-hydrogen) atoms. The molecular weight excluding hydrogens is 445 g/mol. The third-order valence-corrected chi connectivity index (χ3v) is 4.93. The van der Waals surface area contributed by atoms with E-state index in [9.17, 15) is 27.9 Å². The van der Waals surface area contributed by atoms with Gasteiger partial charge in [0.2, 0.25) is 5.78 Å². The van der Waals surface area contributed by atoms with Crippen LogP contribution in [0.15, 0.2) is 71.9 Å². The van der Waals surface area contributed by atoms with Gasteiger partial charge in [-0.15, -0.1) is 0 Å². The molecule has 1 aromatic heterocycles. The van der Waals surface area contributed by atoms with Crippen LogP contribution < -0.4 is 0 Å². The van der Waals surface area contributed by atoms with Crippen LogP contribution in [0, 0.1) is 5.82 Å². The minimum Gasteiger partial charge on any atom is -0.477 e. The van der Waals surface area contributed by atoms with Crippen molar-refractivity contribution in [3.63, 3.8) is 0 Å². The summed E-state index contributed by atoms with van der Waals surface area (Å²) in [5, 5.41) is 9.62. The molecule has 0 fully saturated rings. The van der Waals surface area contributed by atoms with Gasteiger partial charge in [0.25, 0.3) is 0 Å². The summed E-state index contributed by atoms with van der Waals surface area (Å²) in [5.74, 6) is -4.16. The minimum atomic E-state index is -1.54. The molecule has 2 aromatic rings. The van der Waals surface area contributed by atoms with Gasteiger partial charge in [-0.3, -0.25) is 4.79 Å². The summed E-state index contributed by atoms with van der Waals surface area (Å²) in [6, 6.07) is 7.72. The first-order valence-corrected chi connectivity index (χ1v) is 9.88. The highest BCUT2D eigenvalue weighted by atomic mass is 35.5. The van der Waals surface area contributed by atoms with Crippen molar-refractivity contribution < 1.29 is 27.9 Å². The summed E-state index contributed by atoms with van der Waals surface area (Å²) in [4.78, 5) is 29.1. The van der Waals surface area contributed by atoms with Crippen LogP contribution in [0.5, 0.6) is 0 Å². The summed E-state index contributed by atoms with van der Waals surface area (Å²) in [7, 11) is 0. The summed E-state index contributed by atoms with van der Waals surface area (Å²) >= 11 is 5.76. The van der Waals surface area contributed by atoms with Crippen LogP contribution >= 0.6 is 11.6 Å². The van der Waals surface area contributed by atoms with E-state index in [1.807, 2.05) is 0 Å². The van der Waals surface area contributed by atoms with Crippen molar-refractivity contribution in [2.75, 3.05) is 6.54 Å². The van der Waals surface area contributed by atoms with Gasteiger partial charge < -0.3 is 10.0 Å². The second-order valence-electron chi connectivity index (χ2n) is 7.12. The normalized spacial score (nSPS) is 16.8. The minimum absolute atomic E-state index is 0.116. The maximum absolute atomic E-state index is 14.8. The Bertz CT molecular complexity index is 1140. The molecule has 1 aliphatic heterocycles. The third-order valence-electron chi connectivity index (χ3n) is 4.71. The predicted octanol–water partition coefficient (Wildman–Crippen LogP) is 5.03. The lowest BCUT2D eigenvalue weighted by Gasteiger charge is -2.27. The van der Waals surface area contributed by atoms with Gasteiger partial charge >= 0.3 is 5.97 Å². The Morgan fingerprint density at radius 3 is 2.62 bits per heavy atom. The highest BCUT2D eigenvalue weighted by molar-refractivity contribution is 6.29. The summed E-state index contributed by atoms with van der Waals surface area (Å²) in [5.41, 5.74) is 0.317. The third kappa shape index (κ3) is 5.45. The van der Waals surface area contributed by atoms with E-state index < -0.39 is 40.7 Å². The van der Waals surface area contributed by atoms with Crippen LogP contribution in [0.1, 0.15) is 12.5 Å². The number of benzene rings is 1. The molecule has 1 atom stereocenters. The number of aliphatic carboxylic acids is 1. The molecule has 0 bridgehead atoms. The van der Waals surface area contributed by atoms with Crippen molar-refractivity contribution in [2.24, 2.45) is 0 Å². The van der Waals surface area contributed by atoms with Gasteiger partial charge in [-0.1, -0.05) is 23.7 Å². The molecule has 2 heterocycles. The standard InChI is InChI=1S/C23H18ClF3N2O3/c1-13(25)2-6-19(26)17-11-29(12-18(22(17)30)23(31)32)10-16-4-3-14(8-20(16)27)15-5-7-21(24)28-9-15/h2-9,12-13H,10-11H2,1H3,(H,31,32)/b6-2-,19-17-. The van der Waals surface area contributed by atoms with Crippen LogP contribution in [0.25, 0.3) is 11.1 Å². The zero-order valence-corrected chi connectivity index (χ0v) is 17.6. The number of carboxylic acids is 1. The summed E-state index contributed by atoms with van der Waals surface area (Å²) in [6.07, 6.45) is 2.80. The van der Waals surface area contributed by atoms with Gasteiger partial charge in [-0.2, -0.15) is 0 Å². The van der Waals surface area contributed by atoms with E-state index in [0.717, 1.165) is 18.4 Å². The molecule has 0 saturated heterocycles. The number of ketones is 1. The molecule has 3 rings (SSSR count). The molecule has 1 N–H and O–H groups in total. The number of nitrogens with zero attached hydrogens (tertiary/aromatic N) is 2. The first-order chi connectivity index (χ1) is 15.2. The van der Waals surface area contributed by atoms with E-state index in [0.29, 0.717) is 16.3 Å². The van der Waals surface area contributed by atoms with E-state index in [-0.39, 0.29) is 18.7 Å². The average molecular weight is 463 g/mol. The fraction of sp³-hybridized carbons (Fsp3) is 0.174. The number of hydrogen-bond acceptors (Lipinski definition) is 4. The fourth-order valence-electron chi connectivity index (χ4n) is 3.10. The van der Waals surface area contributed by atoms with Crippen molar-refractivity contribution in [1.29, 1.82) is 0 Å². The zero-order valence-electron chi connectivity index (χ0n) is 16.9. The molecule has 0 aliphatic carbocycles. The van der Waals surface area contributed by atoms with E-state index in [1.54, 1.807) is 18.2 Å². The Hall–Kier alpha value is -3.39. The largest absolute Gasteiger partial charge is 0.477 e. The SMILES string of the molecule is CC(F)/C=C\C(F)=C1/CN(Cc2ccc(-c3ccc(Cl)nc3)cc2F)C=C(C(=O)O)C1=O. The second kappa shape index (κ2) is 9.82. The Labute approximate surface area is 187 Å². The van der Waals surface area contributed by atoms with E-state index in [4.69, 9.17) is 11.6 Å². The van der Waals surface area contributed by atoms with Crippen molar-refractivity contribution in [2.45, 2.75) is 19.6 Å². The molecule has 1 unspecified atom stereocenters. The lowest BCUT2D eigenvalue weighted by Crippen LogP contribution is -2.33. The molecule has 0 amide bonds. The molecule has 0 spiro atoms. The number of aromatic nitrogens is 1. The molecule has 1 aliphatic rings. The quantitative estimate of drug-likeness (QED) is 0.370. The number of rotatable bonds is 6. The second-order valence-corrected chi connectivity index (χ2v) is 7.51. The van der Waals surface area contributed by atoms with Gasteiger partial charge in [0, 0.05) is 36.6 Å². The predicted molar refractivity (Wildman–Crippen MR) is 114 cm³/mol. The maximum atomic E-state index is 14.8. The molecule has 166 valence electrons. The number of carbonyl (C=O) groups excluding carboxylic acids is 1. The Morgan fingerprint density at radius 1 is 1.31 bits per heavy atom. The van der Waals surface area contributed by atoms with E-state index >= 15 is 0 Å². The van der Waals surface area contributed by atoms with Gasteiger partial charge in [0.05, 0.1) is 5.57 Å². The molecular formula is C23H18ClF3N2O3. The highest BCUT2D eigenvalue weighted by Crippen LogP contribution is 2.26. The molecule has 5 nitrogen and oxygen atoms in total. The summed E-state index contributed by atoms with van der Waals surface area (Å²) in [6.45, 7) is 0.766.